The second-order valence-electron chi connectivity index (χ2n) is 7.17. The Bertz CT molecular complexity index is 354. The van der Waals surface area contributed by atoms with E-state index in [1.165, 1.54) is 39.2 Å². The first kappa shape index (κ1) is 18.8. The number of alkyl carbamates (subject to hydrolysis) is 1. The molecule has 0 bridgehead atoms. The zero-order valence-corrected chi connectivity index (χ0v) is 14.4. The molecule has 0 aliphatic heterocycles. The standard InChI is InChI=1S/C17H31NO4/c1-17(2,3)22-16(20)18-14(15(19)21-4)12-13-10-8-6-5-7-9-11-13/h13-14H,5-12H2,1-4H3,(H,18,20)/t14-/m0/s1. The van der Waals surface area contributed by atoms with Crippen molar-refractivity contribution >= 4 is 12.1 Å². The predicted octanol–water partition coefficient (Wildman–Crippen LogP) is 3.80. The van der Waals surface area contributed by atoms with Crippen LogP contribution in [0.15, 0.2) is 0 Å². The Balaban J connectivity index is 2.59. The maximum absolute atomic E-state index is 11.9. The number of methoxy groups -OCH3 is 1. The Kier molecular flexibility index (Phi) is 7.69. The van der Waals surface area contributed by atoms with Crippen LogP contribution < -0.4 is 5.32 Å². The zero-order valence-electron chi connectivity index (χ0n) is 14.4. The van der Waals surface area contributed by atoms with Crippen molar-refractivity contribution in [2.75, 3.05) is 7.11 Å². The molecule has 0 aromatic carbocycles. The molecule has 1 amide bonds. The van der Waals surface area contributed by atoms with Gasteiger partial charge in [0.2, 0.25) is 0 Å². The van der Waals surface area contributed by atoms with Crippen LogP contribution >= 0.6 is 0 Å². The minimum absolute atomic E-state index is 0.395. The first-order valence-corrected chi connectivity index (χ1v) is 8.39. The van der Waals surface area contributed by atoms with Crippen molar-refractivity contribution in [3.05, 3.63) is 0 Å². The predicted molar refractivity (Wildman–Crippen MR) is 85.6 cm³/mol. The molecule has 1 aliphatic rings. The van der Waals surface area contributed by atoms with Gasteiger partial charge >= 0.3 is 12.1 Å². The molecule has 1 fully saturated rings. The average molecular weight is 313 g/mol. The van der Waals surface area contributed by atoms with Crippen molar-refractivity contribution in [2.45, 2.75) is 83.8 Å². The van der Waals surface area contributed by atoms with E-state index < -0.39 is 23.7 Å². The quantitative estimate of drug-likeness (QED) is 0.802. The van der Waals surface area contributed by atoms with E-state index in [-0.39, 0.29) is 0 Å². The highest BCUT2D eigenvalue weighted by Gasteiger charge is 2.27. The number of amides is 1. The van der Waals surface area contributed by atoms with Crippen LogP contribution in [0.25, 0.3) is 0 Å². The lowest BCUT2D eigenvalue weighted by atomic mass is 9.86. The Hall–Kier alpha value is -1.26. The molecule has 0 aromatic rings. The van der Waals surface area contributed by atoms with E-state index in [0.29, 0.717) is 12.3 Å². The van der Waals surface area contributed by atoms with E-state index in [4.69, 9.17) is 9.47 Å². The number of nitrogens with one attached hydrogen (secondary N) is 1. The number of hydrogen-bond donors (Lipinski definition) is 1. The fourth-order valence-corrected chi connectivity index (χ4v) is 2.92. The maximum atomic E-state index is 11.9. The van der Waals surface area contributed by atoms with Gasteiger partial charge in [-0.2, -0.15) is 0 Å². The number of carbonyl (C=O) groups excluding carboxylic acids is 2. The summed E-state index contributed by atoms with van der Waals surface area (Å²) < 4.78 is 10.1. The Morgan fingerprint density at radius 2 is 1.64 bits per heavy atom. The SMILES string of the molecule is COC(=O)[C@H](CC1CCCCCCC1)NC(=O)OC(C)(C)C. The average Bonchev–Trinajstić information content (AvgIpc) is 2.37. The second kappa shape index (κ2) is 9.01. The van der Waals surface area contributed by atoms with Gasteiger partial charge in [-0.05, 0) is 33.1 Å². The highest BCUT2D eigenvalue weighted by molar-refractivity contribution is 5.81. The molecular formula is C17H31NO4. The molecule has 1 N–H and O–H groups in total. The van der Waals surface area contributed by atoms with E-state index in [1.807, 2.05) is 0 Å². The van der Waals surface area contributed by atoms with Crippen LogP contribution in [0.3, 0.4) is 0 Å². The summed E-state index contributed by atoms with van der Waals surface area (Å²) in [4.78, 5) is 23.9. The van der Waals surface area contributed by atoms with Crippen LogP contribution in [0.5, 0.6) is 0 Å². The molecule has 0 radical (unpaired) electrons. The van der Waals surface area contributed by atoms with E-state index in [0.717, 1.165) is 12.8 Å². The van der Waals surface area contributed by atoms with Crippen molar-refractivity contribution in [1.82, 2.24) is 5.32 Å². The first-order chi connectivity index (χ1) is 10.3. The largest absolute Gasteiger partial charge is 0.467 e. The lowest BCUT2D eigenvalue weighted by molar-refractivity contribution is -0.143. The molecule has 0 spiro atoms. The second-order valence-corrected chi connectivity index (χ2v) is 7.17. The van der Waals surface area contributed by atoms with Crippen LogP contribution in [-0.4, -0.2) is 30.8 Å². The molecule has 1 atom stereocenters. The number of carbonyl (C=O) groups is 2. The number of rotatable bonds is 4. The van der Waals surface area contributed by atoms with Crippen molar-refractivity contribution in [2.24, 2.45) is 5.92 Å². The minimum Gasteiger partial charge on any atom is -0.467 e. The number of hydrogen-bond acceptors (Lipinski definition) is 4. The van der Waals surface area contributed by atoms with E-state index in [2.05, 4.69) is 5.32 Å². The normalized spacial score (nSPS) is 18.7. The Morgan fingerprint density at radius 3 is 2.14 bits per heavy atom. The zero-order chi connectivity index (χ0) is 16.6. The number of ether oxygens (including phenoxy) is 2. The first-order valence-electron chi connectivity index (χ1n) is 8.39. The summed E-state index contributed by atoms with van der Waals surface area (Å²) in [5.41, 5.74) is -0.578. The summed E-state index contributed by atoms with van der Waals surface area (Å²) in [6.07, 6.45) is 8.53. The van der Waals surface area contributed by atoms with Crippen LogP contribution in [0.2, 0.25) is 0 Å². The van der Waals surface area contributed by atoms with Gasteiger partial charge in [0, 0.05) is 0 Å². The highest BCUT2D eigenvalue weighted by Crippen LogP contribution is 2.26. The molecule has 0 aromatic heterocycles. The molecule has 1 aliphatic carbocycles. The number of esters is 1. The molecule has 5 heteroatoms. The molecule has 5 nitrogen and oxygen atoms in total. The molecule has 0 heterocycles. The summed E-state index contributed by atoms with van der Waals surface area (Å²) in [5.74, 6) is 0.0623. The van der Waals surface area contributed by atoms with E-state index >= 15 is 0 Å². The lowest BCUT2D eigenvalue weighted by Crippen LogP contribution is -2.45. The topological polar surface area (TPSA) is 64.6 Å². The van der Waals surface area contributed by atoms with Gasteiger partial charge in [-0.1, -0.05) is 44.9 Å². The minimum atomic E-state index is -0.621. The summed E-state index contributed by atoms with van der Waals surface area (Å²) in [7, 11) is 1.35. The van der Waals surface area contributed by atoms with Crippen LogP contribution in [-0.2, 0) is 14.3 Å². The molecule has 0 saturated heterocycles. The third-order valence-corrected chi connectivity index (χ3v) is 3.97. The smallest absolute Gasteiger partial charge is 0.408 e. The summed E-state index contributed by atoms with van der Waals surface area (Å²) in [6, 6.07) is -0.621. The summed E-state index contributed by atoms with van der Waals surface area (Å²) in [5, 5.41) is 2.67. The van der Waals surface area contributed by atoms with Gasteiger partial charge in [-0.25, -0.2) is 9.59 Å². The fourth-order valence-electron chi connectivity index (χ4n) is 2.92. The van der Waals surface area contributed by atoms with Crippen LogP contribution in [0.4, 0.5) is 4.79 Å². The summed E-state index contributed by atoms with van der Waals surface area (Å²) >= 11 is 0. The molecule has 1 saturated carbocycles. The third kappa shape index (κ3) is 7.66. The Labute approximate surface area is 134 Å². The molecule has 0 unspecified atom stereocenters. The Morgan fingerprint density at radius 1 is 1.09 bits per heavy atom. The molecule has 1 rings (SSSR count). The van der Waals surface area contributed by atoms with Gasteiger partial charge in [0.25, 0.3) is 0 Å². The van der Waals surface area contributed by atoms with Crippen LogP contribution in [0, 0.1) is 5.92 Å². The molecule has 22 heavy (non-hydrogen) atoms. The highest BCUT2D eigenvalue weighted by atomic mass is 16.6. The fraction of sp³-hybridized carbons (Fsp3) is 0.882. The lowest BCUT2D eigenvalue weighted by Gasteiger charge is -2.26. The molecule has 128 valence electrons. The summed E-state index contributed by atoms with van der Waals surface area (Å²) in [6.45, 7) is 5.40. The van der Waals surface area contributed by atoms with Gasteiger partial charge in [0.05, 0.1) is 7.11 Å². The van der Waals surface area contributed by atoms with Gasteiger partial charge in [-0.15, -0.1) is 0 Å². The van der Waals surface area contributed by atoms with Crippen LogP contribution in [0.1, 0.15) is 72.1 Å². The van der Waals surface area contributed by atoms with Gasteiger partial charge in [-0.3, -0.25) is 0 Å². The van der Waals surface area contributed by atoms with Crippen molar-refractivity contribution in [1.29, 1.82) is 0 Å². The van der Waals surface area contributed by atoms with Crippen molar-refractivity contribution in [3.8, 4) is 0 Å². The van der Waals surface area contributed by atoms with Crippen molar-refractivity contribution < 1.29 is 19.1 Å². The van der Waals surface area contributed by atoms with Gasteiger partial charge < -0.3 is 14.8 Å². The molecular weight excluding hydrogens is 282 g/mol. The van der Waals surface area contributed by atoms with Gasteiger partial charge in [0.1, 0.15) is 11.6 Å². The monoisotopic (exact) mass is 313 g/mol. The third-order valence-electron chi connectivity index (χ3n) is 3.97. The van der Waals surface area contributed by atoms with E-state index in [9.17, 15) is 9.59 Å². The van der Waals surface area contributed by atoms with Crippen molar-refractivity contribution in [3.63, 3.8) is 0 Å². The maximum Gasteiger partial charge on any atom is 0.408 e. The van der Waals surface area contributed by atoms with Gasteiger partial charge in [0.15, 0.2) is 0 Å². The van der Waals surface area contributed by atoms with E-state index in [1.54, 1.807) is 20.8 Å².